The summed E-state index contributed by atoms with van der Waals surface area (Å²) in [6.07, 6.45) is 4.61. The van der Waals surface area contributed by atoms with Gasteiger partial charge in [-0.1, -0.05) is 24.3 Å². The molecular weight excluding hydrogens is 278 g/mol. The van der Waals surface area contributed by atoms with E-state index in [1.807, 2.05) is 17.1 Å². The first-order chi connectivity index (χ1) is 10.8. The van der Waals surface area contributed by atoms with Gasteiger partial charge in [-0.3, -0.25) is 9.80 Å². The SMILES string of the molecule is O=c1ccnc(-c2ccncn2)n1N1Cc2ccccc2C1. The Morgan fingerprint density at radius 1 is 0.909 bits per heavy atom. The first-order valence-electron chi connectivity index (χ1n) is 6.99. The van der Waals surface area contributed by atoms with Gasteiger partial charge in [0.15, 0.2) is 5.82 Å². The van der Waals surface area contributed by atoms with Crippen LogP contribution in [0.4, 0.5) is 0 Å². The lowest BCUT2D eigenvalue weighted by molar-refractivity contribution is 0.588. The van der Waals surface area contributed by atoms with Crippen LogP contribution in [0.5, 0.6) is 0 Å². The maximum absolute atomic E-state index is 12.4. The van der Waals surface area contributed by atoms with Gasteiger partial charge in [0, 0.05) is 18.5 Å². The molecule has 0 spiro atoms. The van der Waals surface area contributed by atoms with E-state index < -0.39 is 0 Å². The predicted molar refractivity (Wildman–Crippen MR) is 81.6 cm³/mol. The molecule has 0 N–H and O–H groups in total. The minimum atomic E-state index is -0.114. The van der Waals surface area contributed by atoms with Gasteiger partial charge >= 0.3 is 0 Å². The number of benzene rings is 1. The predicted octanol–water partition coefficient (Wildman–Crippen LogP) is 1.35. The molecule has 6 heteroatoms. The lowest BCUT2D eigenvalue weighted by Gasteiger charge is -2.22. The van der Waals surface area contributed by atoms with Crippen LogP contribution in [0, 0.1) is 0 Å². The molecule has 2 aromatic heterocycles. The van der Waals surface area contributed by atoms with Crippen molar-refractivity contribution in [2.24, 2.45) is 0 Å². The Labute approximate surface area is 126 Å². The van der Waals surface area contributed by atoms with Crippen molar-refractivity contribution in [3.05, 3.63) is 76.6 Å². The van der Waals surface area contributed by atoms with Gasteiger partial charge in [0.25, 0.3) is 5.56 Å². The average molecular weight is 291 g/mol. The zero-order valence-corrected chi connectivity index (χ0v) is 11.8. The second-order valence-electron chi connectivity index (χ2n) is 5.10. The third kappa shape index (κ3) is 2.05. The summed E-state index contributed by atoms with van der Waals surface area (Å²) in [5, 5.41) is 1.98. The van der Waals surface area contributed by atoms with Gasteiger partial charge in [0.2, 0.25) is 0 Å². The number of hydrogen-bond acceptors (Lipinski definition) is 5. The summed E-state index contributed by atoms with van der Waals surface area (Å²) >= 11 is 0. The lowest BCUT2D eigenvalue weighted by Crippen LogP contribution is -2.39. The Bertz CT molecular complexity index is 850. The summed E-state index contributed by atoms with van der Waals surface area (Å²) in [4.78, 5) is 24.9. The minimum Gasteiger partial charge on any atom is -0.299 e. The van der Waals surface area contributed by atoms with E-state index in [1.165, 1.54) is 29.7 Å². The molecule has 0 amide bonds. The van der Waals surface area contributed by atoms with Crippen LogP contribution in [-0.2, 0) is 13.1 Å². The molecule has 0 bridgehead atoms. The van der Waals surface area contributed by atoms with Gasteiger partial charge in [0.05, 0.1) is 13.1 Å². The summed E-state index contributed by atoms with van der Waals surface area (Å²) in [7, 11) is 0. The Morgan fingerprint density at radius 3 is 2.36 bits per heavy atom. The second kappa shape index (κ2) is 5.07. The molecule has 1 aliphatic rings. The van der Waals surface area contributed by atoms with Crippen LogP contribution in [0.15, 0.2) is 59.9 Å². The monoisotopic (exact) mass is 291 g/mol. The normalized spacial score (nSPS) is 13.2. The highest BCUT2D eigenvalue weighted by atomic mass is 16.1. The quantitative estimate of drug-likeness (QED) is 0.713. The zero-order chi connectivity index (χ0) is 14.9. The maximum Gasteiger partial charge on any atom is 0.272 e. The molecule has 0 aliphatic carbocycles. The molecule has 0 atom stereocenters. The summed E-state index contributed by atoms with van der Waals surface area (Å²) < 4.78 is 1.60. The molecule has 108 valence electrons. The molecule has 0 radical (unpaired) electrons. The first kappa shape index (κ1) is 12.7. The lowest BCUT2D eigenvalue weighted by atomic mass is 10.1. The van der Waals surface area contributed by atoms with Crippen LogP contribution < -0.4 is 10.6 Å². The van der Waals surface area contributed by atoms with Gasteiger partial charge in [-0.15, -0.1) is 0 Å². The molecule has 3 aromatic rings. The molecular formula is C16H13N5O. The third-order valence-electron chi connectivity index (χ3n) is 3.74. The van der Waals surface area contributed by atoms with Crippen molar-refractivity contribution in [1.29, 1.82) is 0 Å². The molecule has 1 aliphatic heterocycles. The van der Waals surface area contributed by atoms with Crippen LogP contribution in [0.25, 0.3) is 11.5 Å². The number of nitrogens with zero attached hydrogens (tertiary/aromatic N) is 5. The van der Waals surface area contributed by atoms with Gasteiger partial charge < -0.3 is 0 Å². The van der Waals surface area contributed by atoms with Crippen LogP contribution in [-0.4, -0.2) is 19.6 Å². The van der Waals surface area contributed by atoms with E-state index in [4.69, 9.17) is 0 Å². The van der Waals surface area contributed by atoms with Crippen molar-refractivity contribution in [1.82, 2.24) is 19.6 Å². The molecule has 3 heterocycles. The van der Waals surface area contributed by atoms with Gasteiger partial charge in [-0.2, -0.15) is 0 Å². The molecule has 0 fully saturated rings. The Balaban J connectivity index is 1.82. The maximum atomic E-state index is 12.4. The van der Waals surface area contributed by atoms with Crippen LogP contribution in [0.2, 0.25) is 0 Å². The van der Waals surface area contributed by atoms with Gasteiger partial charge in [-0.05, 0) is 17.2 Å². The molecule has 4 rings (SSSR count). The van der Waals surface area contributed by atoms with Crippen molar-refractivity contribution in [3.8, 4) is 11.5 Å². The Morgan fingerprint density at radius 2 is 1.68 bits per heavy atom. The third-order valence-corrected chi connectivity index (χ3v) is 3.74. The van der Waals surface area contributed by atoms with E-state index in [0.717, 1.165) is 0 Å². The van der Waals surface area contributed by atoms with Crippen LogP contribution >= 0.6 is 0 Å². The summed E-state index contributed by atoms with van der Waals surface area (Å²) in [5.41, 5.74) is 2.97. The van der Waals surface area contributed by atoms with E-state index in [-0.39, 0.29) is 5.56 Å². The standard InChI is InChI=1S/C16H13N5O/c22-15-6-8-18-16(14-5-7-17-11-19-14)21(15)20-9-12-3-1-2-4-13(12)10-20/h1-8,11H,9-10H2. The average Bonchev–Trinajstić information content (AvgIpc) is 2.99. The fraction of sp³-hybridized carbons (Fsp3) is 0.125. The largest absolute Gasteiger partial charge is 0.299 e. The topological polar surface area (TPSA) is 63.9 Å². The first-order valence-corrected chi connectivity index (χ1v) is 6.99. The number of fused-ring (bicyclic) bond motifs is 1. The van der Waals surface area contributed by atoms with Crippen LogP contribution in [0.3, 0.4) is 0 Å². The highest BCUT2D eigenvalue weighted by Gasteiger charge is 2.22. The highest BCUT2D eigenvalue weighted by molar-refractivity contribution is 5.49. The number of aromatic nitrogens is 4. The second-order valence-corrected chi connectivity index (χ2v) is 5.10. The molecule has 22 heavy (non-hydrogen) atoms. The number of rotatable bonds is 2. The van der Waals surface area contributed by atoms with Crippen molar-refractivity contribution in [2.45, 2.75) is 13.1 Å². The number of hydrogen-bond donors (Lipinski definition) is 0. The Hall–Kier alpha value is -3.02. The van der Waals surface area contributed by atoms with E-state index >= 15 is 0 Å². The van der Waals surface area contributed by atoms with Crippen molar-refractivity contribution < 1.29 is 0 Å². The summed E-state index contributed by atoms with van der Waals surface area (Å²) in [6.45, 7) is 1.36. The van der Waals surface area contributed by atoms with Crippen LogP contribution in [0.1, 0.15) is 11.1 Å². The van der Waals surface area contributed by atoms with E-state index in [0.29, 0.717) is 24.6 Å². The summed E-state index contributed by atoms with van der Waals surface area (Å²) in [5.74, 6) is 0.530. The van der Waals surface area contributed by atoms with Gasteiger partial charge in [-0.25, -0.2) is 19.6 Å². The fourth-order valence-corrected chi connectivity index (χ4v) is 2.73. The highest BCUT2D eigenvalue weighted by Crippen LogP contribution is 2.22. The fourth-order valence-electron chi connectivity index (χ4n) is 2.73. The molecule has 0 unspecified atom stereocenters. The Kier molecular flexibility index (Phi) is 2.93. The summed E-state index contributed by atoms with van der Waals surface area (Å²) in [6, 6.07) is 11.4. The molecule has 6 nitrogen and oxygen atoms in total. The van der Waals surface area contributed by atoms with Crippen molar-refractivity contribution in [2.75, 3.05) is 5.01 Å². The molecule has 0 saturated heterocycles. The molecule has 1 aromatic carbocycles. The zero-order valence-electron chi connectivity index (χ0n) is 11.8. The van der Waals surface area contributed by atoms with E-state index in [9.17, 15) is 4.79 Å². The van der Waals surface area contributed by atoms with Gasteiger partial charge in [0.1, 0.15) is 12.0 Å². The van der Waals surface area contributed by atoms with E-state index in [2.05, 4.69) is 27.1 Å². The minimum absolute atomic E-state index is 0.114. The van der Waals surface area contributed by atoms with Crippen molar-refractivity contribution >= 4 is 0 Å². The smallest absolute Gasteiger partial charge is 0.272 e. The van der Waals surface area contributed by atoms with E-state index in [1.54, 1.807) is 16.9 Å². The molecule has 0 saturated carbocycles. The van der Waals surface area contributed by atoms with Crippen molar-refractivity contribution in [3.63, 3.8) is 0 Å².